The summed E-state index contributed by atoms with van der Waals surface area (Å²) in [5.74, 6) is 0. The molecule has 2 rings (SSSR count). The molecule has 2 N–H and O–H groups in total. The third-order valence-corrected chi connectivity index (χ3v) is 5.30. The third kappa shape index (κ3) is 4.19. The first-order valence-corrected chi connectivity index (χ1v) is 8.65. The van der Waals surface area contributed by atoms with E-state index in [9.17, 15) is 5.11 Å². The van der Waals surface area contributed by atoms with E-state index in [0.29, 0.717) is 5.54 Å². The van der Waals surface area contributed by atoms with Gasteiger partial charge in [0.25, 0.3) is 0 Å². The smallest absolute Gasteiger partial charge is 0.0494 e. The van der Waals surface area contributed by atoms with Crippen LogP contribution in [0.15, 0.2) is 0 Å². The van der Waals surface area contributed by atoms with Crippen LogP contribution in [-0.2, 0) is 0 Å². The molecule has 3 heteroatoms. The van der Waals surface area contributed by atoms with Crippen LogP contribution in [0.5, 0.6) is 0 Å². The number of nitrogens with one attached hydrogen (secondary N) is 1. The van der Waals surface area contributed by atoms with Crippen LogP contribution in [-0.4, -0.2) is 48.3 Å². The Hall–Kier alpha value is -0.120. The first-order valence-electron chi connectivity index (χ1n) is 8.65. The minimum Gasteiger partial charge on any atom is -0.396 e. The molecule has 0 atom stereocenters. The highest BCUT2D eigenvalue weighted by molar-refractivity contribution is 4.96. The minimum atomic E-state index is -0.00223. The zero-order valence-electron chi connectivity index (χ0n) is 13.6. The Bertz CT molecular complexity index is 279. The zero-order chi connectivity index (χ0) is 14.5. The lowest BCUT2D eigenvalue weighted by molar-refractivity contribution is 0.0303. The molecule has 0 aromatic heterocycles. The average molecular weight is 282 g/mol. The van der Waals surface area contributed by atoms with Gasteiger partial charge in [-0.3, -0.25) is 4.90 Å². The molecule has 0 aromatic rings. The van der Waals surface area contributed by atoms with E-state index in [1.165, 1.54) is 64.5 Å². The number of aliphatic hydroxyl groups is 1. The van der Waals surface area contributed by atoms with Crippen molar-refractivity contribution in [2.24, 2.45) is 5.41 Å². The topological polar surface area (TPSA) is 35.5 Å². The predicted octanol–water partition coefficient (Wildman–Crippen LogP) is 2.78. The van der Waals surface area contributed by atoms with Gasteiger partial charge in [-0.25, -0.2) is 0 Å². The highest BCUT2D eigenvalue weighted by atomic mass is 16.3. The molecule has 0 spiro atoms. The van der Waals surface area contributed by atoms with Gasteiger partial charge >= 0.3 is 0 Å². The molecule has 1 saturated heterocycles. The standard InChI is InChI=1S/C17H34N2O/c1-16(2,15-20)13-18-14-17(9-5-3-6-10-17)19-11-7-4-8-12-19/h18,20H,3-15H2,1-2H3. The van der Waals surface area contributed by atoms with Crippen LogP contribution in [0, 0.1) is 5.41 Å². The van der Waals surface area contributed by atoms with Gasteiger partial charge < -0.3 is 10.4 Å². The van der Waals surface area contributed by atoms with Crippen molar-refractivity contribution in [3.05, 3.63) is 0 Å². The lowest BCUT2D eigenvalue weighted by Crippen LogP contribution is -2.58. The molecule has 0 amide bonds. The summed E-state index contributed by atoms with van der Waals surface area (Å²) < 4.78 is 0. The highest BCUT2D eigenvalue weighted by Gasteiger charge is 2.38. The molecule has 2 aliphatic rings. The predicted molar refractivity (Wildman–Crippen MR) is 85.0 cm³/mol. The monoisotopic (exact) mass is 282 g/mol. The number of nitrogens with zero attached hydrogens (tertiary/aromatic N) is 1. The van der Waals surface area contributed by atoms with Crippen molar-refractivity contribution in [1.82, 2.24) is 10.2 Å². The number of hydrogen-bond acceptors (Lipinski definition) is 3. The number of piperidine rings is 1. The molecular formula is C17H34N2O. The Morgan fingerprint density at radius 2 is 1.60 bits per heavy atom. The van der Waals surface area contributed by atoms with Crippen molar-refractivity contribution in [3.8, 4) is 0 Å². The van der Waals surface area contributed by atoms with Gasteiger partial charge in [-0.2, -0.15) is 0 Å². The molecular weight excluding hydrogens is 248 g/mol. The van der Waals surface area contributed by atoms with E-state index >= 15 is 0 Å². The van der Waals surface area contributed by atoms with Gasteiger partial charge in [0.2, 0.25) is 0 Å². The molecule has 1 aliphatic heterocycles. The van der Waals surface area contributed by atoms with Crippen molar-refractivity contribution in [2.75, 3.05) is 32.8 Å². The summed E-state index contributed by atoms with van der Waals surface area (Å²) in [4.78, 5) is 2.79. The van der Waals surface area contributed by atoms with Crippen molar-refractivity contribution in [2.45, 2.75) is 70.8 Å². The van der Waals surface area contributed by atoms with E-state index in [4.69, 9.17) is 0 Å². The molecule has 0 radical (unpaired) electrons. The second-order valence-corrected chi connectivity index (χ2v) is 7.76. The first kappa shape index (κ1) is 16.3. The van der Waals surface area contributed by atoms with E-state index in [0.717, 1.165) is 13.1 Å². The number of likely N-dealkylation sites (tertiary alicyclic amines) is 1. The normalized spacial score (nSPS) is 24.8. The molecule has 20 heavy (non-hydrogen) atoms. The molecule has 0 unspecified atom stereocenters. The summed E-state index contributed by atoms with van der Waals surface area (Å²) in [5, 5.41) is 13.1. The summed E-state index contributed by atoms with van der Waals surface area (Å²) in [6, 6.07) is 0. The fraction of sp³-hybridized carbons (Fsp3) is 1.00. The lowest BCUT2D eigenvalue weighted by atomic mass is 9.79. The fourth-order valence-electron chi connectivity index (χ4n) is 3.87. The van der Waals surface area contributed by atoms with E-state index in [1.54, 1.807) is 0 Å². The molecule has 0 aromatic carbocycles. The van der Waals surface area contributed by atoms with Crippen LogP contribution in [0.3, 0.4) is 0 Å². The van der Waals surface area contributed by atoms with Crippen molar-refractivity contribution < 1.29 is 5.11 Å². The summed E-state index contributed by atoms with van der Waals surface area (Å²) in [7, 11) is 0. The van der Waals surface area contributed by atoms with Gasteiger partial charge in [0.15, 0.2) is 0 Å². The molecule has 1 saturated carbocycles. The lowest BCUT2D eigenvalue weighted by Gasteiger charge is -2.49. The van der Waals surface area contributed by atoms with Gasteiger partial charge in [-0.15, -0.1) is 0 Å². The SMILES string of the molecule is CC(C)(CO)CNCC1(N2CCCCC2)CCCCC1. The summed E-state index contributed by atoms with van der Waals surface area (Å²) >= 11 is 0. The maximum absolute atomic E-state index is 9.39. The molecule has 118 valence electrons. The Labute approximate surface area is 125 Å². The minimum absolute atomic E-state index is 0.00223. The molecule has 2 fully saturated rings. The van der Waals surface area contributed by atoms with Crippen LogP contribution in [0.2, 0.25) is 0 Å². The highest BCUT2D eigenvalue weighted by Crippen LogP contribution is 2.35. The van der Waals surface area contributed by atoms with Gasteiger partial charge in [-0.05, 0) is 38.8 Å². The van der Waals surface area contributed by atoms with Crippen LogP contribution in [0.25, 0.3) is 0 Å². The van der Waals surface area contributed by atoms with Crippen LogP contribution in [0.4, 0.5) is 0 Å². The summed E-state index contributed by atoms with van der Waals surface area (Å²) in [6.07, 6.45) is 11.1. The average Bonchev–Trinajstić information content (AvgIpc) is 2.49. The summed E-state index contributed by atoms with van der Waals surface area (Å²) in [5.41, 5.74) is 0.405. The number of hydrogen-bond donors (Lipinski definition) is 2. The van der Waals surface area contributed by atoms with Gasteiger partial charge in [0.05, 0.1) is 0 Å². The molecule has 3 nitrogen and oxygen atoms in total. The largest absolute Gasteiger partial charge is 0.396 e. The molecule has 1 aliphatic carbocycles. The van der Waals surface area contributed by atoms with Crippen LogP contribution in [0.1, 0.15) is 65.2 Å². The van der Waals surface area contributed by atoms with Crippen molar-refractivity contribution >= 4 is 0 Å². The summed E-state index contributed by atoms with van der Waals surface area (Å²) in [6.45, 7) is 9.14. The Kier molecular flexibility index (Phi) is 5.88. The van der Waals surface area contributed by atoms with E-state index in [-0.39, 0.29) is 12.0 Å². The molecule has 1 heterocycles. The number of rotatable bonds is 6. The van der Waals surface area contributed by atoms with Crippen LogP contribution >= 0.6 is 0 Å². The Balaban J connectivity index is 1.92. The Morgan fingerprint density at radius 1 is 1.00 bits per heavy atom. The second kappa shape index (κ2) is 7.24. The van der Waals surface area contributed by atoms with Crippen LogP contribution < -0.4 is 5.32 Å². The second-order valence-electron chi connectivity index (χ2n) is 7.76. The third-order valence-electron chi connectivity index (χ3n) is 5.30. The van der Waals surface area contributed by atoms with Gasteiger partial charge in [0.1, 0.15) is 0 Å². The maximum atomic E-state index is 9.39. The van der Waals surface area contributed by atoms with Crippen molar-refractivity contribution in [1.29, 1.82) is 0 Å². The zero-order valence-corrected chi connectivity index (χ0v) is 13.6. The quantitative estimate of drug-likeness (QED) is 0.786. The van der Waals surface area contributed by atoms with Gasteiger partial charge in [0, 0.05) is 30.7 Å². The van der Waals surface area contributed by atoms with E-state index < -0.39 is 0 Å². The maximum Gasteiger partial charge on any atom is 0.0494 e. The fourth-order valence-corrected chi connectivity index (χ4v) is 3.87. The molecule has 0 bridgehead atoms. The first-order chi connectivity index (χ1) is 9.58. The van der Waals surface area contributed by atoms with E-state index in [2.05, 4.69) is 24.1 Å². The van der Waals surface area contributed by atoms with Crippen molar-refractivity contribution in [3.63, 3.8) is 0 Å². The number of aliphatic hydroxyl groups excluding tert-OH is 1. The van der Waals surface area contributed by atoms with Gasteiger partial charge in [-0.1, -0.05) is 39.5 Å². The van der Waals surface area contributed by atoms with E-state index in [1.807, 2.05) is 0 Å². The Morgan fingerprint density at radius 3 is 2.20 bits per heavy atom.